The van der Waals surface area contributed by atoms with Crippen molar-refractivity contribution in [2.24, 2.45) is 0 Å². The summed E-state index contributed by atoms with van der Waals surface area (Å²) in [5.74, 6) is -2.04. The Morgan fingerprint density at radius 3 is 1.42 bits per heavy atom. The minimum atomic E-state index is -4.61. The molecule has 0 aromatic carbocycles. The fourth-order valence-electron chi connectivity index (χ4n) is 7.93. The number of aliphatic hydroxyl groups excluding tert-OH is 3. The molecule has 1 rings (SSSR count). The number of unbranched alkanes of at least 4 members (excludes halogenated alkanes) is 26. The highest BCUT2D eigenvalue weighted by Gasteiger charge is 2.46. The van der Waals surface area contributed by atoms with E-state index in [9.17, 15) is 37.9 Å². The molecule has 65 heavy (non-hydrogen) atoms. The summed E-state index contributed by atoms with van der Waals surface area (Å²) in [6.45, 7) is 3.74. The van der Waals surface area contributed by atoms with E-state index >= 15 is 0 Å². The fourth-order valence-corrected chi connectivity index (χ4v) is 8.62. The van der Waals surface area contributed by atoms with Gasteiger partial charge in [-0.3, -0.25) is 14.1 Å². The Kier molecular flexibility index (Phi) is 39.4. The van der Waals surface area contributed by atoms with Crippen LogP contribution in [-0.4, -0.2) is 96.0 Å². The Morgan fingerprint density at radius 1 is 0.523 bits per heavy atom. The molecule has 1 heterocycles. The van der Waals surface area contributed by atoms with E-state index in [4.69, 9.17) is 18.9 Å². The first-order chi connectivity index (χ1) is 31.5. The van der Waals surface area contributed by atoms with Crippen LogP contribution in [-0.2, 0) is 38.7 Å². The van der Waals surface area contributed by atoms with E-state index in [-0.39, 0.29) is 19.4 Å². The van der Waals surface area contributed by atoms with Crippen molar-refractivity contribution in [1.29, 1.82) is 0 Å². The van der Waals surface area contributed by atoms with E-state index in [1.807, 2.05) is 6.08 Å². The van der Waals surface area contributed by atoms with Gasteiger partial charge >= 0.3 is 11.9 Å². The number of carbonyl (C=O) groups is 2. The predicted molar refractivity (Wildman–Crippen MR) is 261 cm³/mol. The molecule has 1 aliphatic heterocycles. The highest BCUT2D eigenvalue weighted by atomic mass is 32.2. The molecule has 1 aliphatic rings. The second-order valence-corrected chi connectivity index (χ2v) is 19.7. The predicted octanol–water partition coefficient (Wildman–Crippen LogP) is 11.7. The van der Waals surface area contributed by atoms with E-state index in [0.717, 1.165) is 38.5 Å². The van der Waals surface area contributed by atoms with Gasteiger partial charge in [0, 0.05) is 12.8 Å². The molecule has 0 aliphatic carbocycles. The average molecular weight is 943 g/mol. The molecule has 2 unspecified atom stereocenters. The smallest absolute Gasteiger partial charge is 0.306 e. The molecule has 0 aromatic heterocycles. The first-order valence-electron chi connectivity index (χ1n) is 26.0. The van der Waals surface area contributed by atoms with Crippen LogP contribution in [0.3, 0.4) is 0 Å². The van der Waals surface area contributed by atoms with E-state index in [1.54, 1.807) is 0 Å². The van der Waals surface area contributed by atoms with Gasteiger partial charge in [-0.1, -0.05) is 204 Å². The van der Waals surface area contributed by atoms with Gasteiger partial charge in [0.15, 0.2) is 12.4 Å². The maximum Gasteiger partial charge on any atom is 0.306 e. The Balaban J connectivity index is 2.39. The van der Waals surface area contributed by atoms with Gasteiger partial charge in [0.2, 0.25) is 0 Å². The van der Waals surface area contributed by atoms with Gasteiger partial charge in [0.25, 0.3) is 10.1 Å². The standard InChI is InChI=1S/C52H94O12S/c1-3-5-7-9-11-13-15-17-19-21-22-23-25-27-29-31-33-35-37-39-41-48(54)63-45(43-62-52-51(57)50(56)49(55)46(64-52)44-65(58,59)60)42-61-47(53)40-38-36-34-32-30-28-26-24-20-18-16-14-12-10-8-6-4-2/h18,20,26,28,32,34,45-46,49-52,55-57H,3-17,19,21-25,27,29-31,33,35-44H2,1-2H3,(H,58,59,60)/b20-18+,28-26+,34-32+/t45-,46-,49-,50?,51?,52+/m1/s1. The van der Waals surface area contributed by atoms with Gasteiger partial charge in [-0.2, -0.15) is 8.42 Å². The average Bonchev–Trinajstić information content (AvgIpc) is 3.27. The summed E-state index contributed by atoms with van der Waals surface area (Å²) in [5.41, 5.74) is 0. The first kappa shape index (κ1) is 60.9. The highest BCUT2D eigenvalue weighted by Crippen LogP contribution is 2.24. The van der Waals surface area contributed by atoms with Gasteiger partial charge < -0.3 is 34.3 Å². The molecule has 12 nitrogen and oxygen atoms in total. The van der Waals surface area contributed by atoms with Crippen LogP contribution in [0.2, 0.25) is 0 Å². The number of rotatable bonds is 44. The Bertz CT molecular complexity index is 1330. The summed E-state index contributed by atoms with van der Waals surface area (Å²) < 4.78 is 54.2. The number of ether oxygens (including phenoxy) is 4. The lowest BCUT2D eigenvalue weighted by Gasteiger charge is -2.40. The monoisotopic (exact) mass is 943 g/mol. The zero-order valence-electron chi connectivity index (χ0n) is 40.8. The summed E-state index contributed by atoms with van der Waals surface area (Å²) in [5, 5.41) is 31.0. The minimum absolute atomic E-state index is 0.149. The van der Waals surface area contributed by atoms with Crippen molar-refractivity contribution in [1.82, 2.24) is 0 Å². The molecule has 1 saturated heterocycles. The second-order valence-electron chi connectivity index (χ2n) is 18.2. The van der Waals surface area contributed by atoms with Crippen molar-refractivity contribution in [2.75, 3.05) is 19.0 Å². The zero-order chi connectivity index (χ0) is 47.6. The number of hydrogen-bond donors (Lipinski definition) is 4. The lowest BCUT2D eigenvalue weighted by atomic mass is 10.00. The van der Waals surface area contributed by atoms with E-state index < -0.39 is 71.2 Å². The summed E-state index contributed by atoms with van der Waals surface area (Å²) in [7, 11) is -4.61. The number of aliphatic hydroxyl groups is 3. The SMILES string of the molecule is CCCCCCCC/C=C/C/C=C/C/C=C/CCCC(=O)OC[C@H](CO[C@H]1O[C@H](CS(=O)(=O)O)[C@@H](O)C(O)C1O)OC(=O)CCCCCCCCCCCCCCCCCCCCCC. The Hall–Kier alpha value is -2.13. The topological polar surface area (TPSA) is 186 Å². The maximum absolute atomic E-state index is 12.9. The van der Waals surface area contributed by atoms with Crippen LogP contribution in [0, 0.1) is 0 Å². The third kappa shape index (κ3) is 36.6. The molecule has 0 bridgehead atoms. The zero-order valence-corrected chi connectivity index (χ0v) is 41.7. The molecular weight excluding hydrogens is 849 g/mol. The first-order valence-corrected chi connectivity index (χ1v) is 27.7. The second kappa shape index (κ2) is 42.0. The summed E-state index contributed by atoms with van der Waals surface area (Å²) in [6, 6.07) is 0. The lowest BCUT2D eigenvalue weighted by Crippen LogP contribution is -2.60. The van der Waals surface area contributed by atoms with Crippen LogP contribution in [0.1, 0.15) is 226 Å². The normalized spacial score (nSPS) is 19.8. The molecule has 13 heteroatoms. The molecule has 0 radical (unpaired) electrons. The van der Waals surface area contributed by atoms with Gasteiger partial charge in [-0.05, 0) is 44.9 Å². The molecular formula is C52H94O12S. The van der Waals surface area contributed by atoms with Crippen LogP contribution in [0.15, 0.2) is 36.5 Å². The Labute approximate surface area is 395 Å². The van der Waals surface area contributed by atoms with Gasteiger partial charge in [0.05, 0.1) is 6.61 Å². The van der Waals surface area contributed by atoms with Gasteiger partial charge in [-0.25, -0.2) is 0 Å². The largest absolute Gasteiger partial charge is 0.462 e. The van der Waals surface area contributed by atoms with E-state index in [0.29, 0.717) is 19.3 Å². The summed E-state index contributed by atoms with van der Waals surface area (Å²) in [4.78, 5) is 25.5. The Morgan fingerprint density at radius 2 is 0.938 bits per heavy atom. The van der Waals surface area contributed by atoms with Gasteiger partial charge in [0.1, 0.15) is 36.8 Å². The quantitative estimate of drug-likeness (QED) is 0.0196. The van der Waals surface area contributed by atoms with Crippen molar-refractivity contribution >= 4 is 22.1 Å². The number of esters is 2. The van der Waals surface area contributed by atoms with Crippen molar-refractivity contribution in [2.45, 2.75) is 263 Å². The third-order valence-corrected chi connectivity index (χ3v) is 12.7. The molecule has 0 aromatic rings. The molecule has 0 saturated carbocycles. The van der Waals surface area contributed by atoms with Crippen LogP contribution < -0.4 is 0 Å². The van der Waals surface area contributed by atoms with Crippen LogP contribution >= 0.6 is 0 Å². The molecule has 4 N–H and O–H groups in total. The minimum Gasteiger partial charge on any atom is -0.462 e. The van der Waals surface area contributed by atoms with Crippen molar-refractivity contribution in [3.05, 3.63) is 36.5 Å². The highest BCUT2D eigenvalue weighted by molar-refractivity contribution is 7.85. The van der Waals surface area contributed by atoms with Crippen LogP contribution in [0.5, 0.6) is 0 Å². The van der Waals surface area contributed by atoms with Crippen LogP contribution in [0.4, 0.5) is 0 Å². The molecule has 380 valence electrons. The molecule has 6 atom stereocenters. The summed E-state index contributed by atoms with van der Waals surface area (Å²) >= 11 is 0. The molecule has 1 fully saturated rings. The third-order valence-electron chi connectivity index (χ3n) is 12.0. The number of allylic oxidation sites excluding steroid dienone is 6. The van der Waals surface area contributed by atoms with Crippen molar-refractivity contribution in [3.63, 3.8) is 0 Å². The molecule has 0 spiro atoms. The maximum atomic E-state index is 12.9. The van der Waals surface area contributed by atoms with E-state index in [2.05, 4.69) is 44.2 Å². The lowest BCUT2D eigenvalue weighted by molar-refractivity contribution is -0.297. The van der Waals surface area contributed by atoms with Crippen molar-refractivity contribution in [3.8, 4) is 0 Å². The number of carbonyl (C=O) groups excluding carboxylic acids is 2. The fraction of sp³-hybridized carbons (Fsp3) is 0.846. The van der Waals surface area contributed by atoms with Gasteiger partial charge in [-0.15, -0.1) is 0 Å². The van der Waals surface area contributed by atoms with Crippen LogP contribution in [0.25, 0.3) is 0 Å². The van der Waals surface area contributed by atoms with Crippen molar-refractivity contribution < 1.29 is 56.8 Å². The summed E-state index contributed by atoms with van der Waals surface area (Å²) in [6.07, 6.45) is 40.5. The number of hydrogen-bond acceptors (Lipinski definition) is 11. The van der Waals surface area contributed by atoms with E-state index in [1.165, 1.54) is 141 Å². The molecule has 0 amide bonds.